The summed E-state index contributed by atoms with van der Waals surface area (Å²) in [6.07, 6.45) is 0.870. The Morgan fingerprint density at radius 1 is 1.22 bits per heavy atom. The fourth-order valence-corrected chi connectivity index (χ4v) is 1.88. The Kier molecular flexibility index (Phi) is 4.30. The highest BCUT2D eigenvalue weighted by molar-refractivity contribution is 5.37. The van der Waals surface area contributed by atoms with Crippen molar-refractivity contribution in [3.8, 4) is 0 Å². The Hall–Kier alpha value is -1.43. The van der Waals surface area contributed by atoms with Crippen LogP contribution in [-0.4, -0.2) is 48.3 Å². The smallest absolute Gasteiger partial charge is 0.230 e. The minimum Gasteiger partial charge on any atom is -0.378 e. The van der Waals surface area contributed by atoms with E-state index in [1.54, 1.807) is 0 Å². The lowest BCUT2D eigenvalue weighted by Gasteiger charge is -2.27. The van der Waals surface area contributed by atoms with Crippen LogP contribution < -0.4 is 10.2 Å². The van der Waals surface area contributed by atoms with E-state index < -0.39 is 0 Å². The van der Waals surface area contributed by atoms with Crippen LogP contribution in [0.5, 0.6) is 0 Å². The maximum Gasteiger partial charge on any atom is 0.230 e. The Morgan fingerprint density at radius 2 is 1.94 bits per heavy atom. The van der Waals surface area contributed by atoms with E-state index >= 15 is 0 Å². The molecular weight excluding hydrogens is 230 g/mol. The van der Waals surface area contributed by atoms with E-state index in [4.69, 9.17) is 4.74 Å². The fourth-order valence-electron chi connectivity index (χ4n) is 1.88. The van der Waals surface area contributed by atoms with Crippen LogP contribution in [0.3, 0.4) is 0 Å². The number of ether oxygens (including phenoxy) is 1. The average Bonchev–Trinajstić information content (AvgIpc) is 2.38. The lowest BCUT2D eigenvalue weighted by atomic mass is 10.1. The number of hydrogen-bond donors (Lipinski definition) is 1. The minimum absolute atomic E-state index is 0.537. The van der Waals surface area contributed by atoms with E-state index in [1.165, 1.54) is 0 Å². The number of rotatable bonds is 4. The van der Waals surface area contributed by atoms with Crippen LogP contribution in [-0.2, 0) is 11.2 Å². The molecule has 0 radical (unpaired) electrons. The number of anilines is 2. The normalized spacial score (nSPS) is 16.1. The predicted molar refractivity (Wildman–Crippen MR) is 70.9 cm³/mol. The van der Waals surface area contributed by atoms with Crippen molar-refractivity contribution in [1.29, 1.82) is 0 Å². The second-order valence-corrected chi connectivity index (χ2v) is 4.82. The SMILES string of the molecule is CNc1nc(CC(C)C)nc(N2CCOCC2)n1. The third kappa shape index (κ3) is 3.29. The van der Waals surface area contributed by atoms with Crippen LogP contribution in [0.15, 0.2) is 0 Å². The van der Waals surface area contributed by atoms with Crippen molar-refractivity contribution in [3.63, 3.8) is 0 Å². The molecule has 0 amide bonds. The fraction of sp³-hybridized carbons (Fsp3) is 0.750. The van der Waals surface area contributed by atoms with Crippen LogP contribution in [0.1, 0.15) is 19.7 Å². The van der Waals surface area contributed by atoms with Crippen molar-refractivity contribution in [2.75, 3.05) is 43.6 Å². The van der Waals surface area contributed by atoms with E-state index in [2.05, 4.69) is 39.0 Å². The Labute approximate surface area is 108 Å². The molecule has 0 bridgehead atoms. The van der Waals surface area contributed by atoms with Crippen LogP contribution in [0.4, 0.5) is 11.9 Å². The summed E-state index contributed by atoms with van der Waals surface area (Å²) in [7, 11) is 1.83. The molecule has 0 aromatic carbocycles. The molecule has 0 aliphatic carbocycles. The quantitative estimate of drug-likeness (QED) is 0.859. The van der Waals surface area contributed by atoms with Crippen LogP contribution in [0, 0.1) is 5.92 Å². The first-order chi connectivity index (χ1) is 8.69. The zero-order valence-corrected chi connectivity index (χ0v) is 11.3. The first-order valence-corrected chi connectivity index (χ1v) is 6.44. The highest BCUT2D eigenvalue weighted by Crippen LogP contribution is 2.14. The third-order valence-electron chi connectivity index (χ3n) is 2.78. The largest absolute Gasteiger partial charge is 0.378 e. The molecule has 0 spiro atoms. The lowest BCUT2D eigenvalue weighted by molar-refractivity contribution is 0.122. The van der Waals surface area contributed by atoms with Crippen LogP contribution in [0.2, 0.25) is 0 Å². The standard InChI is InChI=1S/C12H21N5O/c1-9(2)8-10-14-11(13-3)16-12(15-10)17-4-6-18-7-5-17/h9H,4-8H2,1-3H3,(H,13,14,15,16). The van der Waals surface area contributed by atoms with Gasteiger partial charge in [-0.05, 0) is 5.92 Å². The molecule has 1 aromatic rings. The average molecular weight is 251 g/mol. The summed E-state index contributed by atoms with van der Waals surface area (Å²) in [6, 6.07) is 0. The molecule has 1 aliphatic rings. The highest BCUT2D eigenvalue weighted by Gasteiger charge is 2.16. The summed E-state index contributed by atoms with van der Waals surface area (Å²) in [5, 5.41) is 3.00. The molecule has 1 aliphatic heterocycles. The third-order valence-corrected chi connectivity index (χ3v) is 2.78. The van der Waals surface area contributed by atoms with E-state index in [0.717, 1.165) is 44.5 Å². The zero-order chi connectivity index (χ0) is 13.0. The van der Waals surface area contributed by atoms with Crippen molar-refractivity contribution in [1.82, 2.24) is 15.0 Å². The highest BCUT2D eigenvalue weighted by atomic mass is 16.5. The van der Waals surface area contributed by atoms with Gasteiger partial charge in [-0.1, -0.05) is 13.8 Å². The van der Waals surface area contributed by atoms with E-state index in [9.17, 15) is 0 Å². The second-order valence-electron chi connectivity index (χ2n) is 4.82. The molecule has 6 nitrogen and oxygen atoms in total. The van der Waals surface area contributed by atoms with Crippen molar-refractivity contribution in [3.05, 3.63) is 5.82 Å². The van der Waals surface area contributed by atoms with Gasteiger partial charge in [-0.25, -0.2) is 0 Å². The molecule has 1 aromatic heterocycles. The molecule has 0 saturated carbocycles. The molecule has 0 atom stereocenters. The maximum absolute atomic E-state index is 5.34. The molecule has 1 N–H and O–H groups in total. The number of hydrogen-bond acceptors (Lipinski definition) is 6. The topological polar surface area (TPSA) is 63.2 Å². The van der Waals surface area contributed by atoms with E-state index in [-0.39, 0.29) is 0 Å². The molecule has 2 heterocycles. The Morgan fingerprint density at radius 3 is 2.56 bits per heavy atom. The van der Waals surface area contributed by atoms with Gasteiger partial charge in [-0.15, -0.1) is 0 Å². The molecule has 6 heteroatoms. The van der Waals surface area contributed by atoms with Crippen LogP contribution in [0.25, 0.3) is 0 Å². The minimum atomic E-state index is 0.537. The van der Waals surface area contributed by atoms with Gasteiger partial charge >= 0.3 is 0 Å². The zero-order valence-electron chi connectivity index (χ0n) is 11.3. The summed E-state index contributed by atoms with van der Waals surface area (Å²) < 4.78 is 5.34. The van der Waals surface area contributed by atoms with Gasteiger partial charge in [-0.2, -0.15) is 15.0 Å². The summed E-state index contributed by atoms with van der Waals surface area (Å²) in [5.41, 5.74) is 0. The molecule has 1 saturated heterocycles. The first kappa shape index (κ1) is 13.0. The van der Waals surface area contributed by atoms with Gasteiger partial charge in [0.25, 0.3) is 0 Å². The summed E-state index contributed by atoms with van der Waals surface area (Å²) in [6.45, 7) is 7.48. The van der Waals surface area contributed by atoms with E-state index in [0.29, 0.717) is 11.9 Å². The van der Waals surface area contributed by atoms with Gasteiger partial charge in [0.1, 0.15) is 5.82 Å². The number of nitrogens with zero attached hydrogens (tertiary/aromatic N) is 4. The number of aromatic nitrogens is 3. The Balaban J connectivity index is 2.22. The summed E-state index contributed by atoms with van der Waals surface area (Å²) >= 11 is 0. The summed E-state index contributed by atoms with van der Waals surface area (Å²) in [5.74, 6) is 2.79. The predicted octanol–water partition coefficient (Wildman–Crippen LogP) is 0.948. The molecule has 2 rings (SSSR count). The van der Waals surface area contributed by atoms with Crippen molar-refractivity contribution >= 4 is 11.9 Å². The summed E-state index contributed by atoms with van der Waals surface area (Å²) in [4.78, 5) is 15.5. The molecule has 0 unspecified atom stereocenters. The number of nitrogens with one attached hydrogen (secondary N) is 1. The second kappa shape index (κ2) is 5.95. The molecule has 18 heavy (non-hydrogen) atoms. The van der Waals surface area contributed by atoms with Gasteiger partial charge in [0.05, 0.1) is 13.2 Å². The number of morpholine rings is 1. The molecule has 1 fully saturated rings. The molecule has 100 valence electrons. The van der Waals surface area contributed by atoms with Gasteiger partial charge in [0.2, 0.25) is 11.9 Å². The van der Waals surface area contributed by atoms with Gasteiger partial charge in [-0.3, -0.25) is 0 Å². The Bertz CT molecular complexity index is 390. The van der Waals surface area contributed by atoms with Gasteiger partial charge in [0.15, 0.2) is 0 Å². The van der Waals surface area contributed by atoms with E-state index in [1.807, 2.05) is 7.05 Å². The van der Waals surface area contributed by atoms with Crippen molar-refractivity contribution in [2.45, 2.75) is 20.3 Å². The van der Waals surface area contributed by atoms with Crippen molar-refractivity contribution < 1.29 is 4.74 Å². The van der Waals surface area contributed by atoms with Crippen molar-refractivity contribution in [2.24, 2.45) is 5.92 Å². The van der Waals surface area contributed by atoms with Crippen LogP contribution >= 0.6 is 0 Å². The maximum atomic E-state index is 5.34. The molecular formula is C12H21N5O. The monoisotopic (exact) mass is 251 g/mol. The van der Waals surface area contributed by atoms with Gasteiger partial charge < -0.3 is 15.0 Å². The van der Waals surface area contributed by atoms with Gasteiger partial charge in [0, 0.05) is 26.6 Å². The lowest BCUT2D eigenvalue weighted by Crippen LogP contribution is -2.37. The first-order valence-electron chi connectivity index (χ1n) is 6.44.